The number of benzene rings is 1. The van der Waals surface area contributed by atoms with Crippen molar-refractivity contribution >= 4 is 27.0 Å². The van der Waals surface area contributed by atoms with Crippen LogP contribution in [0.3, 0.4) is 0 Å². The molecule has 0 radical (unpaired) electrons. The summed E-state index contributed by atoms with van der Waals surface area (Å²) in [7, 11) is 2.02. The first-order valence-corrected chi connectivity index (χ1v) is 6.14. The molecule has 0 aliphatic rings. The molecule has 0 saturated heterocycles. The first-order chi connectivity index (χ1) is 7.04. The third kappa shape index (κ3) is 1.81. The van der Waals surface area contributed by atoms with E-state index in [1.807, 2.05) is 17.9 Å². The second-order valence-electron chi connectivity index (χ2n) is 4.58. The predicted octanol–water partition coefficient (Wildman–Crippen LogP) is 3.25. The highest BCUT2D eigenvalue weighted by molar-refractivity contribution is 9.09. The van der Waals surface area contributed by atoms with Crippen LogP contribution in [0.15, 0.2) is 24.5 Å². The van der Waals surface area contributed by atoms with Crippen molar-refractivity contribution in [3.8, 4) is 0 Å². The van der Waals surface area contributed by atoms with Gasteiger partial charge in [0.05, 0.1) is 17.4 Å². The number of hydrogen-bond donors (Lipinski definition) is 0. The Morgan fingerprint density at radius 2 is 2.13 bits per heavy atom. The second kappa shape index (κ2) is 3.63. The monoisotopic (exact) mass is 266 g/mol. The van der Waals surface area contributed by atoms with Gasteiger partial charge in [0.2, 0.25) is 0 Å². The molecule has 3 heteroatoms. The van der Waals surface area contributed by atoms with Crippen molar-refractivity contribution in [2.75, 3.05) is 5.33 Å². The molecule has 2 nitrogen and oxygen atoms in total. The number of hydrogen-bond acceptors (Lipinski definition) is 1. The van der Waals surface area contributed by atoms with Gasteiger partial charge < -0.3 is 4.57 Å². The smallest absolute Gasteiger partial charge is 0.0955 e. The van der Waals surface area contributed by atoms with Crippen molar-refractivity contribution < 1.29 is 0 Å². The summed E-state index contributed by atoms with van der Waals surface area (Å²) in [5.74, 6) is 0. The number of rotatable bonds is 2. The molecule has 2 aromatic rings. The van der Waals surface area contributed by atoms with Crippen molar-refractivity contribution in [3.05, 3.63) is 30.1 Å². The molecule has 0 aliphatic carbocycles. The van der Waals surface area contributed by atoms with Gasteiger partial charge in [0.1, 0.15) is 0 Å². The van der Waals surface area contributed by atoms with E-state index in [0.29, 0.717) is 0 Å². The van der Waals surface area contributed by atoms with Gasteiger partial charge in [-0.3, -0.25) is 0 Å². The minimum absolute atomic E-state index is 0.158. The Morgan fingerprint density at radius 3 is 2.80 bits per heavy atom. The van der Waals surface area contributed by atoms with E-state index in [9.17, 15) is 0 Å². The zero-order chi connectivity index (χ0) is 11.1. The van der Waals surface area contributed by atoms with Gasteiger partial charge in [-0.1, -0.05) is 35.8 Å². The van der Waals surface area contributed by atoms with Crippen molar-refractivity contribution in [1.29, 1.82) is 0 Å². The average Bonchev–Trinajstić information content (AvgIpc) is 2.60. The first kappa shape index (κ1) is 10.7. The molecule has 0 atom stereocenters. The fourth-order valence-corrected chi connectivity index (χ4v) is 1.96. The fourth-order valence-electron chi connectivity index (χ4n) is 1.63. The molecule has 0 bridgehead atoms. The van der Waals surface area contributed by atoms with Gasteiger partial charge in [-0.15, -0.1) is 0 Å². The molecule has 1 aromatic heterocycles. The van der Waals surface area contributed by atoms with Crippen molar-refractivity contribution in [1.82, 2.24) is 9.55 Å². The van der Waals surface area contributed by atoms with Crippen LogP contribution in [0.5, 0.6) is 0 Å². The molecule has 1 heterocycles. The lowest BCUT2D eigenvalue weighted by atomic mass is 9.87. The summed E-state index contributed by atoms with van der Waals surface area (Å²) >= 11 is 3.55. The lowest BCUT2D eigenvalue weighted by Crippen LogP contribution is -2.18. The lowest BCUT2D eigenvalue weighted by Gasteiger charge is -2.22. The number of alkyl halides is 1. The topological polar surface area (TPSA) is 17.8 Å². The highest BCUT2D eigenvalue weighted by atomic mass is 79.9. The molecule has 2 rings (SSSR count). The molecular weight excluding hydrogens is 252 g/mol. The summed E-state index contributed by atoms with van der Waals surface area (Å²) in [4.78, 5) is 4.37. The third-order valence-electron chi connectivity index (χ3n) is 2.84. The number of imidazole rings is 1. The van der Waals surface area contributed by atoms with Crippen LogP contribution in [-0.2, 0) is 12.5 Å². The summed E-state index contributed by atoms with van der Waals surface area (Å²) in [5.41, 5.74) is 3.74. The van der Waals surface area contributed by atoms with E-state index in [1.165, 1.54) is 11.1 Å². The largest absolute Gasteiger partial charge is 0.334 e. The minimum atomic E-state index is 0.158. The second-order valence-corrected chi connectivity index (χ2v) is 5.14. The van der Waals surface area contributed by atoms with Gasteiger partial charge in [0.15, 0.2) is 0 Å². The van der Waals surface area contributed by atoms with Gasteiger partial charge in [0, 0.05) is 12.4 Å². The Labute approximate surface area is 98.4 Å². The lowest BCUT2D eigenvalue weighted by molar-refractivity contribution is 0.607. The van der Waals surface area contributed by atoms with Gasteiger partial charge in [-0.25, -0.2) is 4.98 Å². The van der Waals surface area contributed by atoms with Crippen LogP contribution >= 0.6 is 15.9 Å². The van der Waals surface area contributed by atoms with Gasteiger partial charge in [-0.2, -0.15) is 0 Å². The summed E-state index contributed by atoms with van der Waals surface area (Å²) in [6, 6.07) is 6.50. The van der Waals surface area contributed by atoms with Crippen LogP contribution in [-0.4, -0.2) is 14.9 Å². The van der Waals surface area contributed by atoms with Gasteiger partial charge >= 0.3 is 0 Å². The van der Waals surface area contributed by atoms with Gasteiger partial charge in [0.25, 0.3) is 0 Å². The van der Waals surface area contributed by atoms with Crippen LogP contribution in [0.4, 0.5) is 0 Å². The first-order valence-electron chi connectivity index (χ1n) is 5.02. The van der Waals surface area contributed by atoms with Crippen molar-refractivity contribution in [3.63, 3.8) is 0 Å². The fraction of sp³-hybridized carbons (Fsp3) is 0.417. The molecule has 15 heavy (non-hydrogen) atoms. The van der Waals surface area contributed by atoms with E-state index < -0.39 is 0 Å². The van der Waals surface area contributed by atoms with Gasteiger partial charge in [-0.05, 0) is 23.1 Å². The standard InChI is InChI=1S/C12H15BrN2/c1-12(2,7-13)9-4-5-11-10(6-9)14-8-15(11)3/h4-6,8H,7H2,1-3H3. The quantitative estimate of drug-likeness (QED) is 0.764. The molecule has 0 N–H and O–H groups in total. The summed E-state index contributed by atoms with van der Waals surface area (Å²) in [5, 5.41) is 0.957. The Balaban J connectivity index is 2.57. The molecule has 0 amide bonds. The molecular formula is C12H15BrN2. The zero-order valence-electron chi connectivity index (χ0n) is 9.29. The van der Waals surface area contributed by atoms with Crippen LogP contribution in [0.2, 0.25) is 0 Å². The van der Waals surface area contributed by atoms with E-state index in [4.69, 9.17) is 0 Å². The SMILES string of the molecule is Cn1cnc2cc(C(C)(C)CBr)ccc21. The van der Waals surface area contributed by atoms with E-state index >= 15 is 0 Å². The average molecular weight is 267 g/mol. The van der Waals surface area contributed by atoms with E-state index in [2.05, 4.69) is 53.0 Å². The minimum Gasteiger partial charge on any atom is -0.334 e. The maximum atomic E-state index is 4.37. The van der Waals surface area contributed by atoms with Crippen LogP contribution in [0.1, 0.15) is 19.4 Å². The highest BCUT2D eigenvalue weighted by Crippen LogP contribution is 2.27. The molecule has 0 fully saturated rings. The maximum absolute atomic E-state index is 4.37. The van der Waals surface area contributed by atoms with E-state index in [-0.39, 0.29) is 5.41 Å². The number of aryl methyl sites for hydroxylation is 1. The number of fused-ring (bicyclic) bond motifs is 1. The Hall–Kier alpha value is -0.830. The molecule has 80 valence electrons. The molecule has 0 aliphatic heterocycles. The Morgan fingerprint density at radius 1 is 1.40 bits per heavy atom. The normalized spacial score (nSPS) is 12.3. The Kier molecular flexibility index (Phi) is 2.59. The molecule has 0 unspecified atom stereocenters. The molecule has 0 saturated carbocycles. The molecule has 0 spiro atoms. The Bertz CT molecular complexity index is 485. The summed E-state index contributed by atoms with van der Waals surface area (Å²) < 4.78 is 2.04. The predicted molar refractivity (Wildman–Crippen MR) is 67.5 cm³/mol. The maximum Gasteiger partial charge on any atom is 0.0955 e. The van der Waals surface area contributed by atoms with Crippen LogP contribution < -0.4 is 0 Å². The molecule has 1 aromatic carbocycles. The zero-order valence-corrected chi connectivity index (χ0v) is 10.9. The number of nitrogens with zero attached hydrogens (tertiary/aromatic N) is 2. The van der Waals surface area contributed by atoms with Crippen LogP contribution in [0, 0.1) is 0 Å². The van der Waals surface area contributed by atoms with Crippen molar-refractivity contribution in [2.45, 2.75) is 19.3 Å². The summed E-state index contributed by atoms with van der Waals surface area (Å²) in [6.07, 6.45) is 1.86. The number of halogens is 1. The summed E-state index contributed by atoms with van der Waals surface area (Å²) in [6.45, 7) is 4.46. The van der Waals surface area contributed by atoms with Crippen molar-refractivity contribution in [2.24, 2.45) is 7.05 Å². The highest BCUT2D eigenvalue weighted by Gasteiger charge is 2.19. The van der Waals surface area contributed by atoms with E-state index in [0.717, 1.165) is 10.8 Å². The third-order valence-corrected chi connectivity index (χ3v) is 4.24. The van der Waals surface area contributed by atoms with Crippen LogP contribution in [0.25, 0.3) is 11.0 Å². The number of aromatic nitrogens is 2. The van der Waals surface area contributed by atoms with E-state index in [1.54, 1.807) is 0 Å².